The van der Waals surface area contributed by atoms with Crippen molar-refractivity contribution in [3.63, 3.8) is 0 Å². The minimum atomic E-state index is -1.38. The number of carboxylic acid groups (broad SMARTS) is 1. The molecule has 1 aromatic rings. The van der Waals surface area contributed by atoms with Gasteiger partial charge in [-0.15, -0.1) is 0 Å². The predicted octanol–water partition coefficient (Wildman–Crippen LogP) is 0.789. The molecule has 0 saturated heterocycles. The van der Waals surface area contributed by atoms with Gasteiger partial charge < -0.3 is 25.7 Å². The second-order valence-corrected chi connectivity index (χ2v) is 4.69. The summed E-state index contributed by atoms with van der Waals surface area (Å²) in [7, 11) is 0. The molecular formula is C14H21NO6. The van der Waals surface area contributed by atoms with Gasteiger partial charge in [-0.2, -0.15) is 0 Å². The van der Waals surface area contributed by atoms with E-state index in [9.17, 15) is 19.8 Å². The van der Waals surface area contributed by atoms with Gasteiger partial charge in [-0.05, 0) is 17.7 Å². The Kier molecular flexibility index (Phi) is 8.03. The Bertz CT molecular complexity index is 474. The lowest BCUT2D eigenvalue weighted by Gasteiger charge is -2.14. The first-order valence-electron chi connectivity index (χ1n) is 6.32. The molecule has 1 rings (SSSR count). The number of aliphatic hydroxyl groups is 1. The highest BCUT2D eigenvalue weighted by atomic mass is 16.4. The molecule has 21 heavy (non-hydrogen) atoms. The third-order valence-electron chi connectivity index (χ3n) is 2.40. The number of nitrogens with one attached hydrogen (secondary N) is 1. The van der Waals surface area contributed by atoms with Crippen molar-refractivity contribution in [3.8, 4) is 11.5 Å². The Balaban J connectivity index is 0.000000567. The number of Topliss-reactive ketones (excluding diaryl/α,β-unsaturated/α-hetero) is 1. The van der Waals surface area contributed by atoms with Crippen LogP contribution in [0, 0.1) is 0 Å². The van der Waals surface area contributed by atoms with E-state index < -0.39 is 17.9 Å². The third-order valence-corrected chi connectivity index (χ3v) is 2.40. The van der Waals surface area contributed by atoms with Crippen molar-refractivity contribution in [1.29, 1.82) is 0 Å². The first kappa shape index (κ1) is 18.9. The van der Waals surface area contributed by atoms with Crippen LogP contribution in [0.1, 0.15) is 32.4 Å². The minimum Gasteiger partial charge on any atom is -0.504 e. The van der Waals surface area contributed by atoms with Gasteiger partial charge in [0.05, 0.1) is 6.10 Å². The van der Waals surface area contributed by atoms with Crippen LogP contribution in [-0.2, 0) is 9.59 Å². The zero-order valence-corrected chi connectivity index (χ0v) is 12.2. The molecule has 0 spiro atoms. The van der Waals surface area contributed by atoms with Gasteiger partial charge in [0.15, 0.2) is 11.5 Å². The largest absolute Gasteiger partial charge is 0.504 e. The van der Waals surface area contributed by atoms with E-state index >= 15 is 0 Å². The highest BCUT2D eigenvalue weighted by Crippen LogP contribution is 2.27. The molecular weight excluding hydrogens is 278 g/mol. The summed E-state index contributed by atoms with van der Waals surface area (Å²) in [6.07, 6.45) is -0.682. The molecule has 0 aliphatic heterocycles. The number of aliphatic hydroxyl groups excluding tert-OH is 1. The number of ketones is 1. The van der Waals surface area contributed by atoms with E-state index in [-0.39, 0.29) is 11.5 Å². The van der Waals surface area contributed by atoms with Crippen molar-refractivity contribution >= 4 is 11.8 Å². The maximum Gasteiger partial charge on any atom is 0.371 e. The van der Waals surface area contributed by atoms with Gasteiger partial charge in [0.25, 0.3) is 0 Å². The molecule has 7 nitrogen and oxygen atoms in total. The second-order valence-electron chi connectivity index (χ2n) is 4.69. The number of hydrogen-bond acceptors (Lipinski definition) is 6. The van der Waals surface area contributed by atoms with Gasteiger partial charge in [-0.25, -0.2) is 4.79 Å². The standard InChI is InChI=1S/C11H17NO3.C3H4O3/c1-7(2)12-6-11(15)8-3-4-9(13)10(14)5-8;1-2(4)3(5)6/h3-5,7,11-15H,6H2,1-2H3;1H3,(H,5,6). The number of carbonyl (C=O) groups is 2. The number of aliphatic carboxylic acids is 1. The molecule has 0 aliphatic carbocycles. The number of carbonyl (C=O) groups excluding carboxylic acids is 1. The van der Waals surface area contributed by atoms with Crippen LogP contribution in [0.25, 0.3) is 0 Å². The number of phenols is 2. The van der Waals surface area contributed by atoms with Crippen molar-refractivity contribution in [3.05, 3.63) is 23.8 Å². The van der Waals surface area contributed by atoms with Gasteiger partial charge >= 0.3 is 5.97 Å². The number of rotatable bonds is 5. The molecule has 0 fully saturated rings. The van der Waals surface area contributed by atoms with Crippen LogP contribution >= 0.6 is 0 Å². The van der Waals surface area contributed by atoms with Crippen molar-refractivity contribution in [2.24, 2.45) is 0 Å². The summed E-state index contributed by atoms with van der Waals surface area (Å²) in [5, 5.41) is 38.8. The Morgan fingerprint density at radius 3 is 2.10 bits per heavy atom. The van der Waals surface area contributed by atoms with E-state index in [1.54, 1.807) is 6.07 Å². The van der Waals surface area contributed by atoms with Crippen molar-refractivity contribution in [2.75, 3.05) is 6.54 Å². The van der Waals surface area contributed by atoms with Crippen LogP contribution < -0.4 is 5.32 Å². The minimum absolute atomic E-state index is 0.178. The number of phenolic OH excluding ortho intramolecular Hbond substituents is 2. The first-order valence-corrected chi connectivity index (χ1v) is 6.32. The van der Waals surface area contributed by atoms with Crippen molar-refractivity contribution < 1.29 is 30.0 Å². The zero-order chi connectivity index (χ0) is 16.6. The highest BCUT2D eigenvalue weighted by molar-refractivity contribution is 6.31. The molecule has 1 unspecified atom stereocenters. The van der Waals surface area contributed by atoms with E-state index in [1.807, 2.05) is 13.8 Å². The van der Waals surface area contributed by atoms with Crippen molar-refractivity contribution in [2.45, 2.75) is 32.9 Å². The molecule has 118 valence electrons. The van der Waals surface area contributed by atoms with Gasteiger partial charge in [0, 0.05) is 19.5 Å². The summed E-state index contributed by atoms with van der Waals surface area (Å²) in [6, 6.07) is 4.61. The summed E-state index contributed by atoms with van der Waals surface area (Å²) in [5.74, 6) is -2.59. The molecule has 0 bridgehead atoms. The van der Waals surface area contributed by atoms with Crippen LogP contribution in [-0.4, -0.2) is 44.8 Å². The predicted molar refractivity (Wildman–Crippen MR) is 76.2 cm³/mol. The van der Waals surface area contributed by atoms with E-state index in [0.29, 0.717) is 18.2 Å². The fourth-order valence-corrected chi connectivity index (χ4v) is 1.21. The molecule has 0 radical (unpaired) electrons. The average molecular weight is 299 g/mol. The molecule has 1 aromatic carbocycles. The van der Waals surface area contributed by atoms with E-state index in [4.69, 9.17) is 10.2 Å². The normalized spacial score (nSPS) is 11.5. The molecule has 0 aromatic heterocycles. The van der Waals surface area contributed by atoms with Gasteiger partial charge in [0.2, 0.25) is 5.78 Å². The van der Waals surface area contributed by atoms with E-state index in [0.717, 1.165) is 6.92 Å². The quantitative estimate of drug-likeness (QED) is 0.402. The molecule has 1 atom stereocenters. The Morgan fingerprint density at radius 2 is 1.71 bits per heavy atom. The maximum absolute atomic E-state index is 9.73. The Labute approximate surface area is 122 Å². The summed E-state index contributed by atoms with van der Waals surface area (Å²) in [5.41, 5.74) is 0.582. The third kappa shape index (κ3) is 7.91. The number of benzene rings is 1. The zero-order valence-electron chi connectivity index (χ0n) is 12.2. The Morgan fingerprint density at radius 1 is 1.19 bits per heavy atom. The summed E-state index contributed by atoms with van der Waals surface area (Å²) in [6.45, 7) is 5.40. The van der Waals surface area contributed by atoms with Gasteiger partial charge in [0.1, 0.15) is 0 Å². The molecule has 0 aliphatic rings. The fraction of sp³-hybridized carbons (Fsp3) is 0.429. The molecule has 0 amide bonds. The number of hydrogen-bond donors (Lipinski definition) is 5. The fourth-order valence-electron chi connectivity index (χ4n) is 1.21. The lowest BCUT2D eigenvalue weighted by molar-refractivity contribution is -0.148. The number of carboxylic acids is 1. The first-order chi connectivity index (χ1) is 9.65. The summed E-state index contributed by atoms with van der Waals surface area (Å²) in [4.78, 5) is 18.9. The highest BCUT2D eigenvalue weighted by Gasteiger charge is 2.10. The lowest BCUT2D eigenvalue weighted by Crippen LogP contribution is -2.27. The topological polar surface area (TPSA) is 127 Å². The second kappa shape index (κ2) is 8.93. The van der Waals surface area contributed by atoms with E-state index in [2.05, 4.69) is 5.32 Å². The Hall–Kier alpha value is -2.12. The van der Waals surface area contributed by atoms with Crippen LogP contribution in [0.2, 0.25) is 0 Å². The maximum atomic E-state index is 9.73. The van der Waals surface area contributed by atoms with Gasteiger partial charge in [-0.3, -0.25) is 4.79 Å². The monoisotopic (exact) mass is 299 g/mol. The summed E-state index contributed by atoms with van der Waals surface area (Å²) >= 11 is 0. The van der Waals surface area contributed by atoms with Crippen LogP contribution in [0.15, 0.2) is 18.2 Å². The van der Waals surface area contributed by atoms with Crippen LogP contribution in [0.5, 0.6) is 11.5 Å². The van der Waals surface area contributed by atoms with E-state index in [1.165, 1.54) is 12.1 Å². The molecule has 0 heterocycles. The molecule has 7 heteroatoms. The van der Waals surface area contributed by atoms with Crippen molar-refractivity contribution in [1.82, 2.24) is 5.32 Å². The molecule has 5 N–H and O–H groups in total. The van der Waals surface area contributed by atoms with Crippen LogP contribution in [0.4, 0.5) is 0 Å². The van der Waals surface area contributed by atoms with Crippen LogP contribution in [0.3, 0.4) is 0 Å². The molecule has 0 saturated carbocycles. The average Bonchev–Trinajstić information content (AvgIpc) is 2.39. The summed E-state index contributed by atoms with van der Waals surface area (Å²) < 4.78 is 0. The SMILES string of the molecule is CC(=O)C(=O)O.CC(C)NCC(O)c1ccc(O)c(O)c1. The number of aromatic hydroxyl groups is 2. The van der Waals surface area contributed by atoms with Gasteiger partial charge in [-0.1, -0.05) is 19.9 Å². The lowest BCUT2D eigenvalue weighted by atomic mass is 10.1. The smallest absolute Gasteiger partial charge is 0.371 e.